The van der Waals surface area contributed by atoms with Crippen molar-refractivity contribution in [2.45, 2.75) is 24.9 Å². The van der Waals surface area contributed by atoms with Crippen molar-refractivity contribution in [3.05, 3.63) is 41.7 Å². The highest BCUT2D eigenvalue weighted by Crippen LogP contribution is 2.24. The highest BCUT2D eigenvalue weighted by Gasteiger charge is 2.22. The lowest BCUT2D eigenvalue weighted by Gasteiger charge is -2.34. The van der Waals surface area contributed by atoms with E-state index in [1.165, 1.54) is 5.00 Å². The lowest BCUT2D eigenvalue weighted by atomic mass is 10.1. The van der Waals surface area contributed by atoms with Gasteiger partial charge < -0.3 is 20.0 Å². The van der Waals surface area contributed by atoms with Crippen molar-refractivity contribution in [3.63, 3.8) is 0 Å². The number of hydrogen-bond acceptors (Lipinski definition) is 5. The monoisotopic (exact) mass is 503 g/mol. The Bertz CT molecular complexity index is 666. The summed E-state index contributed by atoms with van der Waals surface area (Å²) in [5.41, 5.74) is 0. The molecule has 1 aliphatic heterocycles. The Kier molecular flexibility index (Phi) is 8.91. The summed E-state index contributed by atoms with van der Waals surface area (Å²) in [6.45, 7) is 2.91. The first-order valence-electron chi connectivity index (χ1n) is 9.13. The van der Waals surface area contributed by atoms with Gasteiger partial charge >= 0.3 is 0 Å². The van der Waals surface area contributed by atoms with E-state index in [1.807, 2.05) is 30.5 Å². The number of rotatable bonds is 6. The molecule has 1 fully saturated rings. The SMILES string of the molecule is CN=C(NCC(c1ccco1)N(C)C)NC1CCN(c2cccs2)CC1.I. The smallest absolute Gasteiger partial charge is 0.191 e. The normalized spacial score (nSPS) is 16.9. The number of anilines is 1. The second kappa shape index (κ2) is 10.9. The van der Waals surface area contributed by atoms with Gasteiger partial charge in [0.2, 0.25) is 0 Å². The molecule has 0 radical (unpaired) electrons. The summed E-state index contributed by atoms with van der Waals surface area (Å²) in [6, 6.07) is 8.90. The van der Waals surface area contributed by atoms with Crippen LogP contribution in [0, 0.1) is 0 Å². The number of nitrogens with one attached hydrogen (secondary N) is 2. The summed E-state index contributed by atoms with van der Waals surface area (Å²) in [5.74, 6) is 1.82. The van der Waals surface area contributed by atoms with Crippen molar-refractivity contribution in [2.75, 3.05) is 45.7 Å². The molecule has 27 heavy (non-hydrogen) atoms. The molecule has 6 nitrogen and oxygen atoms in total. The third kappa shape index (κ3) is 6.11. The Hall–Kier alpha value is -1.26. The molecule has 3 rings (SSSR count). The Morgan fingerprint density at radius 1 is 1.33 bits per heavy atom. The summed E-state index contributed by atoms with van der Waals surface area (Å²) < 4.78 is 5.57. The Balaban J connectivity index is 0.00000261. The molecule has 150 valence electrons. The molecule has 1 aliphatic rings. The third-order valence-electron chi connectivity index (χ3n) is 4.84. The van der Waals surface area contributed by atoms with E-state index < -0.39 is 0 Å². The first-order valence-corrected chi connectivity index (χ1v) is 10.0. The van der Waals surface area contributed by atoms with Gasteiger partial charge in [0, 0.05) is 32.7 Å². The number of thiophene rings is 1. The largest absolute Gasteiger partial charge is 0.468 e. The van der Waals surface area contributed by atoms with Crippen LogP contribution in [-0.4, -0.2) is 57.7 Å². The summed E-state index contributed by atoms with van der Waals surface area (Å²) in [4.78, 5) is 9.02. The Morgan fingerprint density at radius 3 is 2.67 bits per heavy atom. The first-order chi connectivity index (χ1) is 12.7. The summed E-state index contributed by atoms with van der Waals surface area (Å²) in [5, 5.41) is 10.5. The van der Waals surface area contributed by atoms with Crippen LogP contribution in [0.3, 0.4) is 0 Å². The number of aliphatic imine (C=N–C) groups is 1. The van der Waals surface area contributed by atoms with E-state index in [-0.39, 0.29) is 30.0 Å². The number of halogens is 1. The van der Waals surface area contributed by atoms with Gasteiger partial charge in [-0.1, -0.05) is 0 Å². The van der Waals surface area contributed by atoms with Crippen LogP contribution >= 0.6 is 35.3 Å². The van der Waals surface area contributed by atoms with Crippen LogP contribution < -0.4 is 15.5 Å². The lowest BCUT2D eigenvalue weighted by molar-refractivity contribution is 0.257. The number of likely N-dealkylation sites (N-methyl/N-ethyl adjacent to an activating group) is 1. The Morgan fingerprint density at radius 2 is 2.11 bits per heavy atom. The zero-order chi connectivity index (χ0) is 18.4. The van der Waals surface area contributed by atoms with Gasteiger partial charge in [0.25, 0.3) is 0 Å². The maximum Gasteiger partial charge on any atom is 0.191 e. The number of guanidine groups is 1. The van der Waals surface area contributed by atoms with Crippen LogP contribution in [0.15, 0.2) is 45.3 Å². The van der Waals surface area contributed by atoms with Gasteiger partial charge in [-0.05, 0) is 56.6 Å². The molecule has 0 spiro atoms. The van der Waals surface area contributed by atoms with Gasteiger partial charge in [0.05, 0.1) is 17.3 Å². The van der Waals surface area contributed by atoms with Crippen LogP contribution in [0.25, 0.3) is 0 Å². The maximum atomic E-state index is 5.57. The van der Waals surface area contributed by atoms with Gasteiger partial charge in [0.1, 0.15) is 5.76 Å². The van der Waals surface area contributed by atoms with Crippen LogP contribution in [0.4, 0.5) is 5.00 Å². The summed E-state index contributed by atoms with van der Waals surface area (Å²) >= 11 is 1.82. The predicted molar refractivity (Wildman–Crippen MR) is 125 cm³/mol. The van der Waals surface area contributed by atoms with Crippen LogP contribution in [0.1, 0.15) is 24.6 Å². The maximum absolute atomic E-state index is 5.57. The molecular weight excluding hydrogens is 473 g/mol. The highest BCUT2D eigenvalue weighted by molar-refractivity contribution is 14.0. The highest BCUT2D eigenvalue weighted by atomic mass is 127. The van der Waals surface area contributed by atoms with E-state index in [1.54, 1.807) is 6.26 Å². The number of piperidine rings is 1. The van der Waals surface area contributed by atoms with Crippen molar-refractivity contribution < 1.29 is 4.42 Å². The van der Waals surface area contributed by atoms with Crippen LogP contribution in [0.2, 0.25) is 0 Å². The lowest BCUT2D eigenvalue weighted by Crippen LogP contribution is -2.49. The quantitative estimate of drug-likeness (QED) is 0.360. The average Bonchev–Trinajstić information content (AvgIpc) is 3.35. The predicted octanol–water partition coefficient (Wildman–Crippen LogP) is 3.40. The minimum absolute atomic E-state index is 0. The molecule has 0 bridgehead atoms. The molecule has 2 aromatic rings. The van der Waals surface area contributed by atoms with Crippen molar-refractivity contribution in [3.8, 4) is 0 Å². The topological polar surface area (TPSA) is 56.0 Å². The summed E-state index contributed by atoms with van der Waals surface area (Å²) in [6.07, 6.45) is 3.96. The number of furan rings is 1. The fourth-order valence-corrected chi connectivity index (χ4v) is 4.08. The molecule has 2 aromatic heterocycles. The van der Waals surface area contributed by atoms with E-state index in [4.69, 9.17) is 4.42 Å². The molecule has 0 saturated carbocycles. The third-order valence-corrected chi connectivity index (χ3v) is 5.76. The fourth-order valence-electron chi connectivity index (χ4n) is 3.29. The molecule has 0 aliphatic carbocycles. The molecule has 0 amide bonds. The molecule has 2 N–H and O–H groups in total. The van der Waals surface area contributed by atoms with Crippen molar-refractivity contribution in [1.82, 2.24) is 15.5 Å². The second-order valence-corrected chi connectivity index (χ2v) is 7.73. The number of nitrogens with zero attached hydrogens (tertiary/aromatic N) is 3. The van der Waals surface area contributed by atoms with E-state index in [2.05, 4.69) is 57.0 Å². The molecule has 8 heteroatoms. The van der Waals surface area contributed by atoms with Gasteiger partial charge in [-0.25, -0.2) is 0 Å². The standard InChI is InChI=1S/C19H29N5OS.HI/c1-20-19(21-14-16(23(2)3)17-6-4-12-25-17)22-15-8-10-24(11-9-15)18-7-5-13-26-18;/h4-7,12-13,15-16H,8-11,14H2,1-3H3,(H2,20,21,22);1H. The van der Waals surface area contributed by atoms with E-state index in [0.717, 1.165) is 44.2 Å². The van der Waals surface area contributed by atoms with Crippen molar-refractivity contribution in [2.24, 2.45) is 4.99 Å². The minimum Gasteiger partial charge on any atom is -0.468 e. The van der Waals surface area contributed by atoms with E-state index in [0.29, 0.717) is 6.04 Å². The zero-order valence-electron chi connectivity index (χ0n) is 16.2. The van der Waals surface area contributed by atoms with Crippen LogP contribution in [0.5, 0.6) is 0 Å². The molecular formula is C19H30IN5OS. The molecule has 3 heterocycles. The molecule has 0 aromatic carbocycles. The average molecular weight is 503 g/mol. The molecule has 1 unspecified atom stereocenters. The second-order valence-electron chi connectivity index (χ2n) is 6.80. The number of hydrogen-bond donors (Lipinski definition) is 2. The van der Waals surface area contributed by atoms with Gasteiger partial charge in [-0.2, -0.15) is 0 Å². The van der Waals surface area contributed by atoms with E-state index >= 15 is 0 Å². The van der Waals surface area contributed by atoms with Gasteiger partial charge in [-0.3, -0.25) is 9.89 Å². The van der Waals surface area contributed by atoms with Crippen molar-refractivity contribution in [1.29, 1.82) is 0 Å². The van der Waals surface area contributed by atoms with E-state index in [9.17, 15) is 0 Å². The Labute approximate surface area is 183 Å². The van der Waals surface area contributed by atoms with Gasteiger partial charge in [-0.15, -0.1) is 35.3 Å². The first kappa shape index (κ1) is 22.0. The van der Waals surface area contributed by atoms with Crippen molar-refractivity contribution >= 4 is 46.3 Å². The minimum atomic E-state index is 0. The van der Waals surface area contributed by atoms with Gasteiger partial charge in [0.15, 0.2) is 5.96 Å². The fraction of sp³-hybridized carbons (Fsp3) is 0.526. The molecule has 1 atom stereocenters. The van der Waals surface area contributed by atoms with Crippen LogP contribution in [-0.2, 0) is 0 Å². The summed E-state index contributed by atoms with van der Waals surface area (Å²) in [7, 11) is 5.95. The zero-order valence-corrected chi connectivity index (χ0v) is 19.4. The molecule has 1 saturated heterocycles.